The lowest BCUT2D eigenvalue weighted by Crippen LogP contribution is -2.15. The van der Waals surface area contributed by atoms with Crippen LogP contribution in [-0.2, 0) is 13.0 Å². The third-order valence-electron chi connectivity index (χ3n) is 3.06. The number of rotatable bonds is 5. The normalized spacial score (nSPS) is 10.3. The van der Waals surface area contributed by atoms with E-state index in [1.54, 1.807) is 6.07 Å². The number of nitrogens with one attached hydrogen (secondary N) is 1. The maximum Gasteiger partial charge on any atom is 0.123 e. The van der Waals surface area contributed by atoms with E-state index in [4.69, 9.17) is 15.9 Å². The number of aryl methyl sites for hydroxylation is 1. The standard InChI is InChI=1S/C16H17FN2O/c1-2-11-4-3-5-14(8-11)20-10-12-6-7-13(17)9-15(12)16(18)19/h3-9H,2,10H2,1H3,(H3,18,19). The summed E-state index contributed by atoms with van der Waals surface area (Å²) in [7, 11) is 0. The van der Waals surface area contributed by atoms with Crippen LogP contribution in [0.1, 0.15) is 23.6 Å². The van der Waals surface area contributed by atoms with Crippen molar-refractivity contribution < 1.29 is 9.13 Å². The van der Waals surface area contributed by atoms with Crippen LogP contribution in [0.4, 0.5) is 4.39 Å². The van der Waals surface area contributed by atoms with E-state index in [1.165, 1.54) is 17.7 Å². The molecule has 0 atom stereocenters. The maximum absolute atomic E-state index is 13.2. The van der Waals surface area contributed by atoms with Gasteiger partial charge in [-0.15, -0.1) is 0 Å². The smallest absolute Gasteiger partial charge is 0.123 e. The predicted octanol–water partition coefficient (Wildman–Crippen LogP) is 3.25. The van der Waals surface area contributed by atoms with Crippen LogP contribution in [0.25, 0.3) is 0 Å². The molecule has 0 aliphatic carbocycles. The minimum atomic E-state index is -0.410. The van der Waals surface area contributed by atoms with Crippen molar-refractivity contribution in [3.8, 4) is 5.75 Å². The Bertz CT molecular complexity index is 626. The van der Waals surface area contributed by atoms with Crippen LogP contribution in [0.3, 0.4) is 0 Å². The molecule has 0 bridgehead atoms. The van der Waals surface area contributed by atoms with Gasteiger partial charge in [-0.1, -0.05) is 25.1 Å². The molecule has 2 aromatic carbocycles. The average molecular weight is 272 g/mol. The molecule has 0 fully saturated rings. The summed E-state index contributed by atoms with van der Waals surface area (Å²) in [6.45, 7) is 2.33. The molecule has 0 amide bonds. The summed E-state index contributed by atoms with van der Waals surface area (Å²) in [6, 6.07) is 12.0. The van der Waals surface area contributed by atoms with Gasteiger partial charge in [-0.05, 0) is 36.2 Å². The lowest BCUT2D eigenvalue weighted by atomic mass is 10.1. The number of nitrogens with two attached hydrogens (primary N) is 1. The molecule has 0 saturated heterocycles. The number of nitrogen functional groups attached to an aromatic ring is 1. The van der Waals surface area contributed by atoms with E-state index in [9.17, 15) is 4.39 Å². The molecule has 0 heterocycles. The molecule has 0 unspecified atom stereocenters. The molecule has 0 aromatic heterocycles. The lowest BCUT2D eigenvalue weighted by molar-refractivity contribution is 0.305. The van der Waals surface area contributed by atoms with Crippen molar-refractivity contribution in [2.24, 2.45) is 5.73 Å². The van der Waals surface area contributed by atoms with Crippen LogP contribution in [0.2, 0.25) is 0 Å². The van der Waals surface area contributed by atoms with E-state index < -0.39 is 5.82 Å². The predicted molar refractivity (Wildman–Crippen MR) is 77.6 cm³/mol. The second kappa shape index (κ2) is 6.19. The van der Waals surface area contributed by atoms with Crippen LogP contribution in [0.5, 0.6) is 5.75 Å². The average Bonchev–Trinajstić information content (AvgIpc) is 2.46. The van der Waals surface area contributed by atoms with Crippen LogP contribution < -0.4 is 10.5 Å². The Kier molecular flexibility index (Phi) is 4.35. The molecular weight excluding hydrogens is 255 g/mol. The quantitative estimate of drug-likeness (QED) is 0.648. The number of hydrogen-bond acceptors (Lipinski definition) is 2. The topological polar surface area (TPSA) is 59.1 Å². The SMILES string of the molecule is CCc1cccc(OCc2ccc(F)cc2C(=N)N)c1. The van der Waals surface area contributed by atoms with Crippen molar-refractivity contribution in [2.75, 3.05) is 0 Å². The van der Waals surface area contributed by atoms with Gasteiger partial charge in [0.15, 0.2) is 0 Å². The summed E-state index contributed by atoms with van der Waals surface area (Å²) in [5.41, 5.74) is 7.71. The molecule has 0 saturated carbocycles. The van der Waals surface area contributed by atoms with Crippen molar-refractivity contribution in [1.29, 1.82) is 5.41 Å². The number of benzene rings is 2. The van der Waals surface area contributed by atoms with Crippen LogP contribution >= 0.6 is 0 Å². The molecule has 0 spiro atoms. The van der Waals surface area contributed by atoms with Crippen LogP contribution in [0, 0.1) is 11.2 Å². The molecule has 2 aromatic rings. The van der Waals surface area contributed by atoms with Crippen molar-refractivity contribution >= 4 is 5.84 Å². The summed E-state index contributed by atoms with van der Waals surface area (Å²) in [6.07, 6.45) is 0.937. The monoisotopic (exact) mass is 272 g/mol. The molecule has 0 radical (unpaired) electrons. The van der Waals surface area contributed by atoms with Gasteiger partial charge in [0.1, 0.15) is 24.0 Å². The maximum atomic E-state index is 13.2. The zero-order valence-corrected chi connectivity index (χ0v) is 11.3. The summed E-state index contributed by atoms with van der Waals surface area (Å²) in [4.78, 5) is 0. The van der Waals surface area contributed by atoms with E-state index in [0.717, 1.165) is 12.2 Å². The minimum Gasteiger partial charge on any atom is -0.489 e. The summed E-state index contributed by atoms with van der Waals surface area (Å²) < 4.78 is 18.9. The van der Waals surface area contributed by atoms with E-state index >= 15 is 0 Å². The Morgan fingerprint density at radius 1 is 1.25 bits per heavy atom. The van der Waals surface area contributed by atoms with Crippen molar-refractivity contribution in [1.82, 2.24) is 0 Å². The lowest BCUT2D eigenvalue weighted by Gasteiger charge is -2.11. The second-order valence-corrected chi connectivity index (χ2v) is 4.50. The van der Waals surface area contributed by atoms with Crippen molar-refractivity contribution in [3.05, 3.63) is 65.0 Å². The van der Waals surface area contributed by atoms with Crippen LogP contribution in [0.15, 0.2) is 42.5 Å². The molecule has 104 valence electrons. The fourth-order valence-electron chi connectivity index (χ4n) is 1.94. The number of hydrogen-bond donors (Lipinski definition) is 2. The molecule has 3 nitrogen and oxygen atoms in total. The summed E-state index contributed by atoms with van der Waals surface area (Å²) in [5.74, 6) is 0.181. The number of ether oxygens (including phenoxy) is 1. The molecule has 0 aliphatic rings. The minimum absolute atomic E-state index is 0.162. The highest BCUT2D eigenvalue weighted by Crippen LogP contribution is 2.17. The highest BCUT2D eigenvalue weighted by molar-refractivity contribution is 5.96. The zero-order valence-electron chi connectivity index (χ0n) is 11.3. The third kappa shape index (κ3) is 3.35. The van der Waals surface area contributed by atoms with Gasteiger partial charge in [0.2, 0.25) is 0 Å². The number of amidine groups is 1. The Balaban J connectivity index is 2.16. The van der Waals surface area contributed by atoms with Gasteiger partial charge in [0.25, 0.3) is 0 Å². The van der Waals surface area contributed by atoms with Crippen molar-refractivity contribution in [2.45, 2.75) is 20.0 Å². The van der Waals surface area contributed by atoms with Gasteiger partial charge in [-0.25, -0.2) is 4.39 Å². The van der Waals surface area contributed by atoms with Gasteiger partial charge in [-0.2, -0.15) is 0 Å². The largest absolute Gasteiger partial charge is 0.489 e. The van der Waals surface area contributed by atoms with Crippen molar-refractivity contribution in [3.63, 3.8) is 0 Å². The van der Waals surface area contributed by atoms with E-state index in [-0.39, 0.29) is 12.4 Å². The molecule has 2 rings (SSSR count). The third-order valence-corrected chi connectivity index (χ3v) is 3.06. The fraction of sp³-hybridized carbons (Fsp3) is 0.188. The molecule has 20 heavy (non-hydrogen) atoms. The van der Waals surface area contributed by atoms with Gasteiger partial charge in [0, 0.05) is 11.1 Å². The summed E-state index contributed by atoms with van der Waals surface area (Å²) >= 11 is 0. The van der Waals surface area contributed by atoms with Gasteiger partial charge in [0.05, 0.1) is 0 Å². The highest BCUT2D eigenvalue weighted by Gasteiger charge is 2.08. The first-order chi connectivity index (χ1) is 9.60. The molecule has 4 heteroatoms. The Morgan fingerprint density at radius 3 is 2.75 bits per heavy atom. The van der Waals surface area contributed by atoms with E-state index in [1.807, 2.05) is 24.3 Å². The Morgan fingerprint density at radius 2 is 2.05 bits per heavy atom. The molecular formula is C16H17FN2O. The number of halogens is 1. The molecule has 3 N–H and O–H groups in total. The first kappa shape index (κ1) is 14.1. The second-order valence-electron chi connectivity index (χ2n) is 4.50. The zero-order chi connectivity index (χ0) is 14.5. The van der Waals surface area contributed by atoms with Gasteiger partial charge < -0.3 is 10.5 Å². The van der Waals surface area contributed by atoms with E-state index in [2.05, 4.69) is 6.92 Å². The fourth-order valence-corrected chi connectivity index (χ4v) is 1.94. The van der Waals surface area contributed by atoms with Crippen LogP contribution in [-0.4, -0.2) is 5.84 Å². The Hall–Kier alpha value is -2.36. The highest BCUT2D eigenvalue weighted by atomic mass is 19.1. The first-order valence-electron chi connectivity index (χ1n) is 6.44. The van der Waals surface area contributed by atoms with Gasteiger partial charge in [-0.3, -0.25) is 5.41 Å². The first-order valence-corrected chi connectivity index (χ1v) is 6.44. The van der Waals surface area contributed by atoms with Gasteiger partial charge >= 0.3 is 0 Å². The summed E-state index contributed by atoms with van der Waals surface area (Å²) in [5, 5.41) is 7.48. The molecule has 0 aliphatic heterocycles. The Labute approximate surface area is 117 Å². The van der Waals surface area contributed by atoms with E-state index in [0.29, 0.717) is 11.1 Å².